The second kappa shape index (κ2) is 11.0. The number of rotatable bonds is 8. The maximum absolute atomic E-state index is 12.4. The summed E-state index contributed by atoms with van der Waals surface area (Å²) >= 11 is 0. The molecular weight excluding hydrogens is 426 g/mol. The number of carbonyl (C=O) groups is 2. The molecule has 2 aliphatic rings. The lowest BCUT2D eigenvalue weighted by Crippen LogP contribution is -2.48. The molecule has 3 N–H and O–H groups in total. The Bertz CT molecular complexity index is 1060. The van der Waals surface area contributed by atoms with E-state index in [9.17, 15) is 14.7 Å². The molecule has 0 heterocycles. The van der Waals surface area contributed by atoms with Crippen molar-refractivity contribution in [3.63, 3.8) is 0 Å². The predicted molar refractivity (Wildman–Crippen MR) is 131 cm³/mol. The van der Waals surface area contributed by atoms with Crippen LogP contribution < -0.4 is 5.32 Å². The summed E-state index contributed by atoms with van der Waals surface area (Å²) in [4.78, 5) is 24.1. The van der Waals surface area contributed by atoms with E-state index in [0.717, 1.165) is 35.3 Å². The molecule has 0 aromatic heterocycles. The lowest BCUT2D eigenvalue weighted by molar-refractivity contribution is -0.125. The van der Waals surface area contributed by atoms with Gasteiger partial charge in [0.25, 0.3) is 5.91 Å². The maximum Gasteiger partial charge on any atom is 0.251 e. The fraction of sp³-hybridized carbons (Fsp3) is 0.448. The standard InChI is InChI=1S/C29H33NO4/c1-19(32)28(27(33)18-31)30-29(34)24-12-8-22(9-13-24)7-4-20-2-5-21(6-3-20)10-14-25-16-23-11-15-26(25)17-23/h2-3,5-6,8-9,12-13,19,23,25-26,28,31-32H,10-11,14-18H2,1H3,(H,30,34)/t19-,23-,25-,26-,28+/m1/s1. The van der Waals surface area contributed by atoms with Crippen molar-refractivity contribution in [1.29, 1.82) is 0 Å². The number of fused-ring (bicyclic) bond motifs is 2. The molecule has 2 aromatic rings. The van der Waals surface area contributed by atoms with Gasteiger partial charge in [-0.25, -0.2) is 0 Å². The van der Waals surface area contributed by atoms with E-state index in [-0.39, 0.29) is 0 Å². The number of ketones is 1. The first-order valence-electron chi connectivity index (χ1n) is 12.3. The van der Waals surface area contributed by atoms with E-state index in [4.69, 9.17) is 5.11 Å². The second-order valence-corrected chi connectivity index (χ2v) is 9.81. The van der Waals surface area contributed by atoms with Crippen molar-refractivity contribution in [3.05, 3.63) is 70.8 Å². The summed E-state index contributed by atoms with van der Waals surface area (Å²) < 4.78 is 0. The van der Waals surface area contributed by atoms with Gasteiger partial charge in [0.15, 0.2) is 5.78 Å². The number of aliphatic hydroxyl groups excluding tert-OH is 2. The number of Topliss-reactive ketones (excluding diaryl/α,β-unsaturated/α-hetero) is 1. The Kier molecular flexibility index (Phi) is 7.82. The van der Waals surface area contributed by atoms with E-state index in [0.29, 0.717) is 5.56 Å². The largest absolute Gasteiger partial charge is 0.391 e. The van der Waals surface area contributed by atoms with Gasteiger partial charge in [-0.15, -0.1) is 0 Å². The lowest BCUT2D eigenvalue weighted by Gasteiger charge is -2.21. The SMILES string of the molecule is C[C@@H](O)[C@H](NC(=O)c1ccc(C#Cc2ccc(CC[C@@H]3C[C@H]4CC[C@@H]3C4)cc2)cc1)C(=O)CO. The van der Waals surface area contributed by atoms with Gasteiger partial charge in [0, 0.05) is 16.7 Å². The number of aliphatic hydroxyl groups is 2. The fourth-order valence-corrected chi connectivity index (χ4v) is 5.48. The average Bonchev–Trinajstić information content (AvgIpc) is 3.48. The van der Waals surface area contributed by atoms with Gasteiger partial charge < -0.3 is 15.5 Å². The monoisotopic (exact) mass is 459 g/mol. The van der Waals surface area contributed by atoms with Crippen LogP contribution >= 0.6 is 0 Å². The molecule has 2 fully saturated rings. The third kappa shape index (κ3) is 5.94. The van der Waals surface area contributed by atoms with Gasteiger partial charge in [0.1, 0.15) is 12.6 Å². The van der Waals surface area contributed by atoms with E-state index in [2.05, 4.69) is 41.4 Å². The number of hydrogen-bond acceptors (Lipinski definition) is 4. The molecule has 1 amide bonds. The maximum atomic E-state index is 12.4. The Hall–Kier alpha value is -2.94. The molecule has 34 heavy (non-hydrogen) atoms. The predicted octanol–water partition coefficient (Wildman–Crippen LogP) is 3.50. The minimum atomic E-state index is -1.15. The van der Waals surface area contributed by atoms with Gasteiger partial charge in [-0.2, -0.15) is 0 Å². The summed E-state index contributed by atoms with van der Waals surface area (Å²) in [6, 6.07) is 14.1. The van der Waals surface area contributed by atoms with E-state index in [1.807, 2.05) is 0 Å². The van der Waals surface area contributed by atoms with Crippen molar-refractivity contribution in [2.24, 2.45) is 17.8 Å². The zero-order chi connectivity index (χ0) is 24.1. The number of hydrogen-bond donors (Lipinski definition) is 3. The van der Waals surface area contributed by atoms with Crippen molar-refractivity contribution >= 4 is 11.7 Å². The third-order valence-electron chi connectivity index (χ3n) is 7.41. The first-order valence-corrected chi connectivity index (χ1v) is 12.3. The van der Waals surface area contributed by atoms with Crippen LogP contribution in [0, 0.1) is 29.6 Å². The molecule has 0 unspecified atom stereocenters. The molecule has 5 atom stereocenters. The molecular formula is C29H33NO4. The number of benzene rings is 2. The third-order valence-corrected chi connectivity index (χ3v) is 7.41. The van der Waals surface area contributed by atoms with Gasteiger partial charge in [-0.1, -0.05) is 30.4 Å². The molecule has 2 saturated carbocycles. The van der Waals surface area contributed by atoms with E-state index in [1.165, 1.54) is 44.6 Å². The van der Waals surface area contributed by atoms with Gasteiger partial charge in [0.05, 0.1) is 6.10 Å². The summed E-state index contributed by atoms with van der Waals surface area (Å²) in [6.07, 6.45) is 7.16. The zero-order valence-corrected chi connectivity index (χ0v) is 19.7. The lowest BCUT2D eigenvalue weighted by atomic mass is 9.84. The number of aryl methyl sites for hydroxylation is 1. The van der Waals surface area contributed by atoms with E-state index < -0.39 is 30.4 Å². The molecule has 0 saturated heterocycles. The Morgan fingerprint density at radius 3 is 2.18 bits per heavy atom. The Labute approximate surface area is 201 Å². The molecule has 5 heteroatoms. The molecule has 4 rings (SSSR count). The number of amides is 1. The van der Waals surface area contributed by atoms with Crippen LogP contribution in [0.25, 0.3) is 0 Å². The summed E-state index contributed by atoms with van der Waals surface area (Å²) in [5, 5.41) is 21.2. The summed E-state index contributed by atoms with van der Waals surface area (Å²) in [7, 11) is 0. The van der Waals surface area contributed by atoms with Crippen molar-refractivity contribution in [2.45, 2.75) is 57.6 Å². The summed E-state index contributed by atoms with van der Waals surface area (Å²) in [5.41, 5.74) is 3.45. The van der Waals surface area contributed by atoms with Crippen LogP contribution in [0.15, 0.2) is 48.5 Å². The van der Waals surface area contributed by atoms with Crippen LogP contribution in [-0.4, -0.2) is 40.7 Å². The Morgan fingerprint density at radius 1 is 1.00 bits per heavy atom. The zero-order valence-electron chi connectivity index (χ0n) is 19.7. The highest BCUT2D eigenvalue weighted by Crippen LogP contribution is 2.49. The minimum Gasteiger partial charge on any atom is -0.391 e. The second-order valence-electron chi connectivity index (χ2n) is 9.81. The topological polar surface area (TPSA) is 86.6 Å². The molecule has 178 valence electrons. The van der Waals surface area contributed by atoms with Crippen LogP contribution in [0.3, 0.4) is 0 Å². The van der Waals surface area contributed by atoms with Crippen LogP contribution in [0.2, 0.25) is 0 Å². The minimum absolute atomic E-state index is 0.349. The Balaban J connectivity index is 1.30. The normalized spacial score (nSPS) is 22.5. The summed E-state index contributed by atoms with van der Waals surface area (Å²) in [6.45, 7) is 0.648. The molecule has 2 bridgehead atoms. The van der Waals surface area contributed by atoms with Gasteiger partial charge in [-0.3, -0.25) is 9.59 Å². The molecule has 5 nitrogen and oxygen atoms in total. The van der Waals surface area contributed by atoms with Crippen molar-refractivity contribution in [3.8, 4) is 11.8 Å². The first-order chi connectivity index (χ1) is 16.4. The van der Waals surface area contributed by atoms with Gasteiger partial charge in [-0.05, 0) is 98.7 Å². The van der Waals surface area contributed by atoms with Crippen LogP contribution in [0.5, 0.6) is 0 Å². The molecule has 2 aromatic carbocycles. The van der Waals surface area contributed by atoms with Gasteiger partial charge >= 0.3 is 0 Å². The average molecular weight is 460 g/mol. The highest BCUT2D eigenvalue weighted by Gasteiger charge is 2.38. The fourth-order valence-electron chi connectivity index (χ4n) is 5.48. The number of nitrogens with one attached hydrogen (secondary N) is 1. The number of carbonyl (C=O) groups excluding carboxylic acids is 2. The van der Waals surface area contributed by atoms with E-state index >= 15 is 0 Å². The van der Waals surface area contributed by atoms with Crippen molar-refractivity contribution < 1.29 is 19.8 Å². The van der Waals surface area contributed by atoms with Crippen LogP contribution in [0.1, 0.15) is 66.1 Å². The van der Waals surface area contributed by atoms with Crippen LogP contribution in [0.4, 0.5) is 0 Å². The van der Waals surface area contributed by atoms with E-state index in [1.54, 1.807) is 24.3 Å². The quantitative estimate of drug-likeness (QED) is 0.528. The molecule has 0 aliphatic heterocycles. The summed E-state index contributed by atoms with van der Waals surface area (Å²) in [5.74, 6) is 8.08. The van der Waals surface area contributed by atoms with Gasteiger partial charge in [0.2, 0.25) is 0 Å². The molecule has 0 spiro atoms. The highest BCUT2D eigenvalue weighted by molar-refractivity contribution is 5.98. The molecule has 2 aliphatic carbocycles. The molecule has 0 radical (unpaired) electrons. The highest BCUT2D eigenvalue weighted by atomic mass is 16.3. The van der Waals surface area contributed by atoms with Crippen molar-refractivity contribution in [1.82, 2.24) is 5.32 Å². The smallest absolute Gasteiger partial charge is 0.251 e. The Morgan fingerprint density at radius 2 is 1.65 bits per heavy atom. The first kappa shape index (κ1) is 24.2. The van der Waals surface area contributed by atoms with Crippen LogP contribution in [-0.2, 0) is 11.2 Å². The van der Waals surface area contributed by atoms with Crippen molar-refractivity contribution in [2.75, 3.05) is 6.61 Å².